The molecule has 2 aromatic carbocycles. The molecule has 1 aliphatic heterocycles. The van der Waals surface area contributed by atoms with Gasteiger partial charge in [0.25, 0.3) is 0 Å². The number of nitrogens with zero attached hydrogens (tertiary/aromatic N) is 2. The minimum Gasteiger partial charge on any atom is -0.339 e. The maximum atomic E-state index is 13.0. The predicted molar refractivity (Wildman–Crippen MR) is 129 cm³/mol. The van der Waals surface area contributed by atoms with E-state index in [1.165, 1.54) is 4.31 Å². The molecule has 0 atom stereocenters. The van der Waals surface area contributed by atoms with Crippen LogP contribution in [0.2, 0.25) is 0 Å². The van der Waals surface area contributed by atoms with E-state index in [1.807, 2.05) is 37.3 Å². The smallest absolute Gasteiger partial charge is 0.319 e. The van der Waals surface area contributed by atoms with Crippen LogP contribution < -0.4 is 10.6 Å². The van der Waals surface area contributed by atoms with Gasteiger partial charge in [0.05, 0.1) is 11.4 Å². The van der Waals surface area contributed by atoms with E-state index in [0.717, 1.165) is 11.1 Å². The first-order valence-corrected chi connectivity index (χ1v) is 12.4. The molecule has 1 heterocycles. The molecule has 0 radical (unpaired) electrons. The molecule has 1 fully saturated rings. The molecule has 9 heteroatoms. The second-order valence-corrected chi connectivity index (χ2v) is 11.2. The molecule has 0 bridgehead atoms. The third-order valence-corrected chi connectivity index (χ3v) is 7.54. The second-order valence-electron chi connectivity index (χ2n) is 9.24. The Balaban J connectivity index is 1.50. The van der Waals surface area contributed by atoms with E-state index in [0.29, 0.717) is 5.69 Å². The zero-order valence-corrected chi connectivity index (χ0v) is 20.4. The lowest BCUT2D eigenvalue weighted by Crippen LogP contribution is -2.52. The van der Waals surface area contributed by atoms with Crippen molar-refractivity contribution in [3.05, 3.63) is 59.7 Å². The Hall–Kier alpha value is -2.91. The Kier molecular flexibility index (Phi) is 7.44. The number of anilines is 1. The molecule has 178 valence electrons. The van der Waals surface area contributed by atoms with Gasteiger partial charge in [-0.1, -0.05) is 45.0 Å². The van der Waals surface area contributed by atoms with Crippen LogP contribution in [0.1, 0.15) is 31.9 Å². The van der Waals surface area contributed by atoms with Crippen molar-refractivity contribution in [1.29, 1.82) is 0 Å². The molecule has 0 unspecified atom stereocenters. The first kappa shape index (κ1) is 24.7. The molecule has 0 aliphatic carbocycles. The first-order valence-electron chi connectivity index (χ1n) is 11.0. The summed E-state index contributed by atoms with van der Waals surface area (Å²) >= 11 is 0. The zero-order valence-electron chi connectivity index (χ0n) is 19.6. The number of urea groups is 1. The molecule has 0 spiro atoms. The highest BCUT2D eigenvalue weighted by atomic mass is 32.2. The molecule has 8 nitrogen and oxygen atoms in total. The molecule has 33 heavy (non-hydrogen) atoms. The molecule has 1 saturated heterocycles. The topological polar surface area (TPSA) is 98.8 Å². The van der Waals surface area contributed by atoms with Gasteiger partial charge < -0.3 is 15.5 Å². The number of piperazine rings is 1. The predicted octanol–water partition coefficient (Wildman–Crippen LogP) is 2.95. The van der Waals surface area contributed by atoms with Crippen molar-refractivity contribution in [1.82, 2.24) is 14.5 Å². The quantitative estimate of drug-likeness (QED) is 0.699. The van der Waals surface area contributed by atoms with Gasteiger partial charge in [-0.25, -0.2) is 13.2 Å². The van der Waals surface area contributed by atoms with Crippen LogP contribution in [-0.2, 0) is 20.2 Å². The van der Waals surface area contributed by atoms with E-state index in [9.17, 15) is 18.0 Å². The van der Waals surface area contributed by atoms with E-state index in [-0.39, 0.29) is 48.9 Å². The molecule has 0 aromatic heterocycles. The van der Waals surface area contributed by atoms with Crippen LogP contribution in [0.4, 0.5) is 10.5 Å². The molecular weight excluding hydrogens is 440 g/mol. The van der Waals surface area contributed by atoms with Crippen LogP contribution in [0.15, 0.2) is 53.4 Å². The minimum absolute atomic E-state index is 0.0563. The Morgan fingerprint density at radius 2 is 1.61 bits per heavy atom. The Morgan fingerprint density at radius 1 is 0.970 bits per heavy atom. The lowest BCUT2D eigenvalue weighted by atomic mass is 9.87. The molecule has 2 N–H and O–H groups in total. The largest absolute Gasteiger partial charge is 0.339 e. The van der Waals surface area contributed by atoms with Gasteiger partial charge in [-0.05, 0) is 47.7 Å². The zero-order chi connectivity index (χ0) is 24.2. The Labute approximate surface area is 196 Å². The normalized spacial score (nSPS) is 15.2. The summed E-state index contributed by atoms with van der Waals surface area (Å²) in [5, 5.41) is 5.25. The average molecular weight is 473 g/mol. The number of rotatable bonds is 5. The Morgan fingerprint density at radius 3 is 2.18 bits per heavy atom. The van der Waals surface area contributed by atoms with Crippen LogP contribution in [-0.4, -0.2) is 62.3 Å². The van der Waals surface area contributed by atoms with Gasteiger partial charge >= 0.3 is 6.03 Å². The number of hydrogen-bond donors (Lipinski definition) is 2. The van der Waals surface area contributed by atoms with Crippen molar-refractivity contribution in [3.8, 4) is 0 Å². The highest BCUT2D eigenvalue weighted by Crippen LogP contribution is 2.25. The lowest BCUT2D eigenvalue weighted by molar-refractivity contribution is -0.131. The summed E-state index contributed by atoms with van der Waals surface area (Å²) in [6.07, 6.45) is 0. The Bertz CT molecular complexity index is 1100. The molecule has 3 amide bonds. The number of sulfonamides is 1. The highest BCUT2D eigenvalue weighted by Gasteiger charge is 2.30. The number of benzene rings is 2. The number of carbonyl (C=O) groups excluding carboxylic acids is 2. The molecule has 0 saturated carbocycles. The van der Waals surface area contributed by atoms with Crippen LogP contribution >= 0.6 is 0 Å². The lowest BCUT2D eigenvalue weighted by Gasteiger charge is -2.34. The fourth-order valence-electron chi connectivity index (χ4n) is 3.62. The van der Waals surface area contributed by atoms with E-state index in [4.69, 9.17) is 0 Å². The van der Waals surface area contributed by atoms with Crippen molar-refractivity contribution in [2.24, 2.45) is 0 Å². The van der Waals surface area contributed by atoms with Crippen molar-refractivity contribution in [3.63, 3.8) is 0 Å². The summed E-state index contributed by atoms with van der Waals surface area (Å²) in [6, 6.07) is 13.9. The number of carbonyl (C=O) groups is 2. The van der Waals surface area contributed by atoms with Crippen molar-refractivity contribution < 1.29 is 18.0 Å². The fraction of sp³-hybridized carbons (Fsp3) is 0.417. The third-order valence-electron chi connectivity index (χ3n) is 5.63. The van der Waals surface area contributed by atoms with Gasteiger partial charge in [-0.15, -0.1) is 0 Å². The van der Waals surface area contributed by atoms with Crippen LogP contribution in [0, 0.1) is 6.92 Å². The van der Waals surface area contributed by atoms with E-state index in [1.54, 1.807) is 23.1 Å². The summed E-state index contributed by atoms with van der Waals surface area (Å²) in [5.74, 6) is -0.249. The summed E-state index contributed by atoms with van der Waals surface area (Å²) in [7, 11) is -3.62. The third kappa shape index (κ3) is 6.33. The number of aryl methyl sites for hydroxylation is 1. The number of hydrogen-bond acceptors (Lipinski definition) is 4. The van der Waals surface area contributed by atoms with Crippen LogP contribution in [0.25, 0.3) is 0 Å². The first-order chi connectivity index (χ1) is 15.5. The van der Waals surface area contributed by atoms with Gasteiger partial charge in [0.2, 0.25) is 15.9 Å². The van der Waals surface area contributed by atoms with Crippen molar-refractivity contribution in [2.75, 3.05) is 38.0 Å². The van der Waals surface area contributed by atoms with E-state index in [2.05, 4.69) is 31.4 Å². The summed E-state index contributed by atoms with van der Waals surface area (Å²) in [5.41, 5.74) is 2.67. The van der Waals surface area contributed by atoms with Gasteiger partial charge in [0.15, 0.2) is 0 Å². The van der Waals surface area contributed by atoms with Gasteiger partial charge in [-0.3, -0.25) is 4.79 Å². The highest BCUT2D eigenvalue weighted by molar-refractivity contribution is 7.89. The molecule has 1 aliphatic rings. The number of amides is 3. The van der Waals surface area contributed by atoms with Crippen molar-refractivity contribution in [2.45, 2.75) is 38.0 Å². The van der Waals surface area contributed by atoms with Gasteiger partial charge in [0, 0.05) is 31.9 Å². The molecule has 2 aromatic rings. The minimum atomic E-state index is -3.62. The number of nitrogens with one attached hydrogen (secondary N) is 2. The standard InChI is InChI=1S/C24H32N4O4S/c1-18-6-5-7-20(16-18)26-23(30)25-17-22(29)27-12-14-28(15-13-27)33(31,32)21-10-8-19(9-11-21)24(2,3)4/h5-11,16H,12-15,17H2,1-4H3,(H2,25,26,30). The SMILES string of the molecule is Cc1cccc(NC(=O)NCC(=O)N2CCN(S(=O)(=O)c3ccc(C(C)(C)C)cc3)CC2)c1. The second kappa shape index (κ2) is 9.93. The average Bonchev–Trinajstić information content (AvgIpc) is 2.77. The molecule has 3 rings (SSSR count). The van der Waals surface area contributed by atoms with E-state index < -0.39 is 16.1 Å². The maximum Gasteiger partial charge on any atom is 0.319 e. The summed E-state index contributed by atoms with van der Waals surface area (Å²) in [6.45, 7) is 8.98. The molecular formula is C24H32N4O4S. The monoisotopic (exact) mass is 472 g/mol. The van der Waals surface area contributed by atoms with Crippen molar-refractivity contribution >= 4 is 27.6 Å². The van der Waals surface area contributed by atoms with Crippen LogP contribution in [0.3, 0.4) is 0 Å². The van der Waals surface area contributed by atoms with E-state index >= 15 is 0 Å². The van der Waals surface area contributed by atoms with Gasteiger partial charge in [0.1, 0.15) is 0 Å². The maximum absolute atomic E-state index is 13.0. The summed E-state index contributed by atoms with van der Waals surface area (Å²) in [4.78, 5) is 26.4. The summed E-state index contributed by atoms with van der Waals surface area (Å²) < 4.78 is 27.4. The van der Waals surface area contributed by atoms with Gasteiger partial charge in [-0.2, -0.15) is 4.31 Å². The van der Waals surface area contributed by atoms with Crippen LogP contribution in [0.5, 0.6) is 0 Å². The fourth-order valence-corrected chi connectivity index (χ4v) is 5.04.